The minimum Gasteiger partial charge on any atom is -0.324 e. The largest absolute Gasteiger partial charge is 0.324 e. The van der Waals surface area contributed by atoms with Crippen molar-refractivity contribution in [2.24, 2.45) is 0 Å². The third kappa shape index (κ3) is 2.87. The van der Waals surface area contributed by atoms with Gasteiger partial charge in [-0.15, -0.1) is 0 Å². The molecule has 0 aromatic carbocycles. The summed E-state index contributed by atoms with van der Waals surface area (Å²) in [4.78, 5) is 0. The Balaban J connectivity index is 3.61. The van der Waals surface area contributed by atoms with E-state index >= 15 is 0 Å². The highest BCUT2D eigenvalue weighted by molar-refractivity contribution is 7.63. The van der Waals surface area contributed by atoms with Crippen molar-refractivity contribution in [1.82, 2.24) is 0 Å². The molecule has 2 radical (unpaired) electrons. The minimum atomic E-state index is -1.88. The van der Waals surface area contributed by atoms with E-state index in [2.05, 4.69) is 0 Å². The van der Waals surface area contributed by atoms with Crippen LogP contribution in [0.3, 0.4) is 0 Å². The summed E-state index contributed by atoms with van der Waals surface area (Å²) in [5, 5.41) is 0. The van der Waals surface area contributed by atoms with Crippen LogP contribution in [0.2, 0.25) is 0 Å². The molecule has 1 unspecified atom stereocenters. The first-order chi connectivity index (χ1) is 3.12. The van der Waals surface area contributed by atoms with E-state index < -0.39 is 7.14 Å². The molecule has 42 valence electrons. The van der Waals surface area contributed by atoms with E-state index in [0.717, 1.165) is 6.16 Å². The van der Waals surface area contributed by atoms with Crippen molar-refractivity contribution in [3.63, 3.8) is 0 Å². The van der Waals surface area contributed by atoms with Crippen LogP contribution >= 0.6 is 7.14 Å². The molecule has 0 saturated carbocycles. The molecule has 0 rings (SSSR count). The molecular formula is C5H11OP. The minimum absolute atomic E-state index is 0.351. The second kappa shape index (κ2) is 2.52. The summed E-state index contributed by atoms with van der Waals surface area (Å²) in [5.74, 6) is 0. The van der Waals surface area contributed by atoms with Crippen LogP contribution in [0.25, 0.3) is 0 Å². The van der Waals surface area contributed by atoms with Crippen LogP contribution in [0, 0.1) is 6.92 Å². The van der Waals surface area contributed by atoms with E-state index in [4.69, 9.17) is 6.92 Å². The molecule has 0 bridgehead atoms. The zero-order valence-corrected chi connectivity index (χ0v) is 5.74. The SMILES string of the molecule is [CH]CP(C)(=O)CC. The standard InChI is InChI=1S/C5H11OP/c1-4-7(3,6)5-2/h1H,4-5H2,2-3H3. The maximum absolute atomic E-state index is 10.8. The van der Waals surface area contributed by atoms with Gasteiger partial charge in [-0.25, -0.2) is 0 Å². The molecule has 0 saturated heterocycles. The van der Waals surface area contributed by atoms with Crippen LogP contribution in [-0.4, -0.2) is 19.0 Å². The lowest BCUT2D eigenvalue weighted by molar-refractivity contribution is 0.581. The van der Waals surface area contributed by atoms with Crippen LogP contribution in [0.5, 0.6) is 0 Å². The van der Waals surface area contributed by atoms with E-state index in [1.807, 2.05) is 6.92 Å². The van der Waals surface area contributed by atoms with Gasteiger partial charge in [0, 0.05) is 6.16 Å². The summed E-state index contributed by atoms with van der Waals surface area (Å²) in [6, 6.07) is 0. The van der Waals surface area contributed by atoms with Crippen LogP contribution in [0.15, 0.2) is 0 Å². The van der Waals surface area contributed by atoms with Gasteiger partial charge in [0.2, 0.25) is 0 Å². The lowest BCUT2D eigenvalue weighted by Crippen LogP contribution is -1.83. The fourth-order valence-electron chi connectivity index (χ4n) is 0.129. The number of hydrogen-bond donors (Lipinski definition) is 0. The molecule has 0 aliphatic carbocycles. The molecule has 7 heavy (non-hydrogen) atoms. The first-order valence-corrected chi connectivity index (χ1v) is 4.90. The molecule has 0 N–H and O–H groups in total. The van der Waals surface area contributed by atoms with Gasteiger partial charge in [0.15, 0.2) is 0 Å². The van der Waals surface area contributed by atoms with Gasteiger partial charge in [-0.05, 0) is 19.8 Å². The summed E-state index contributed by atoms with van der Waals surface area (Å²) in [5.41, 5.74) is 0. The molecule has 0 aromatic heterocycles. The normalized spacial score (nSPS) is 11.9. The van der Waals surface area contributed by atoms with Crippen molar-refractivity contribution in [1.29, 1.82) is 0 Å². The van der Waals surface area contributed by atoms with E-state index in [0.29, 0.717) is 6.16 Å². The van der Waals surface area contributed by atoms with Crippen LogP contribution < -0.4 is 0 Å². The monoisotopic (exact) mass is 118 g/mol. The second-order valence-electron chi connectivity index (χ2n) is 1.80. The molecule has 2 heteroatoms. The Kier molecular flexibility index (Phi) is 2.60. The van der Waals surface area contributed by atoms with Crippen molar-refractivity contribution < 1.29 is 4.57 Å². The second-order valence-corrected chi connectivity index (χ2v) is 5.39. The third-order valence-electron chi connectivity index (χ3n) is 1.06. The smallest absolute Gasteiger partial charge is 0.0848 e. The fraction of sp³-hybridized carbons (Fsp3) is 0.800. The highest BCUT2D eigenvalue weighted by Gasteiger charge is 2.05. The molecule has 1 nitrogen and oxygen atoms in total. The maximum Gasteiger partial charge on any atom is 0.0848 e. The van der Waals surface area contributed by atoms with Gasteiger partial charge < -0.3 is 4.57 Å². The number of rotatable bonds is 2. The van der Waals surface area contributed by atoms with Crippen LogP contribution in [-0.2, 0) is 4.57 Å². The summed E-state index contributed by atoms with van der Waals surface area (Å²) in [6.07, 6.45) is 1.08. The Bertz CT molecular complexity index is 80.1. The molecule has 0 spiro atoms. The first-order valence-electron chi connectivity index (χ1n) is 2.38. The average Bonchev–Trinajstić information content (AvgIpc) is 1.68. The Hall–Kier alpha value is 0.230. The third-order valence-corrected chi connectivity index (χ3v) is 3.17. The summed E-state index contributed by atoms with van der Waals surface area (Å²) in [7, 11) is -1.88. The van der Waals surface area contributed by atoms with Crippen molar-refractivity contribution in [3.05, 3.63) is 6.92 Å². The molecular weight excluding hydrogens is 107 g/mol. The predicted molar refractivity (Wildman–Crippen MR) is 33.2 cm³/mol. The summed E-state index contributed by atoms with van der Waals surface area (Å²) >= 11 is 0. The summed E-state index contributed by atoms with van der Waals surface area (Å²) < 4.78 is 10.8. The van der Waals surface area contributed by atoms with Gasteiger partial charge in [-0.2, -0.15) is 0 Å². The molecule has 0 heterocycles. The predicted octanol–water partition coefficient (Wildman–Crippen LogP) is 1.71. The maximum atomic E-state index is 10.8. The van der Waals surface area contributed by atoms with E-state index in [9.17, 15) is 4.57 Å². The van der Waals surface area contributed by atoms with Crippen LogP contribution in [0.4, 0.5) is 0 Å². The first kappa shape index (κ1) is 7.23. The fourth-order valence-corrected chi connectivity index (χ4v) is 0.387. The molecule has 0 fully saturated rings. The Morgan fingerprint density at radius 1 is 1.71 bits per heavy atom. The van der Waals surface area contributed by atoms with Crippen molar-refractivity contribution in [2.45, 2.75) is 6.92 Å². The van der Waals surface area contributed by atoms with Crippen molar-refractivity contribution in [2.75, 3.05) is 19.0 Å². The zero-order chi connectivity index (χ0) is 5.91. The van der Waals surface area contributed by atoms with Gasteiger partial charge in [-0.3, -0.25) is 0 Å². The topological polar surface area (TPSA) is 17.1 Å². The highest BCUT2D eigenvalue weighted by Crippen LogP contribution is 2.38. The van der Waals surface area contributed by atoms with Crippen molar-refractivity contribution in [3.8, 4) is 0 Å². The Morgan fingerprint density at radius 3 is 2.14 bits per heavy atom. The van der Waals surface area contributed by atoms with Gasteiger partial charge in [0.1, 0.15) is 0 Å². The van der Waals surface area contributed by atoms with Crippen LogP contribution in [0.1, 0.15) is 6.92 Å². The summed E-state index contributed by atoms with van der Waals surface area (Å²) in [6.45, 7) is 8.78. The Labute approximate surface area is 45.5 Å². The molecule has 0 amide bonds. The Morgan fingerprint density at radius 2 is 2.14 bits per heavy atom. The molecule has 0 aromatic rings. The molecule has 0 aliphatic heterocycles. The van der Waals surface area contributed by atoms with Gasteiger partial charge >= 0.3 is 0 Å². The number of hydrogen-bond acceptors (Lipinski definition) is 1. The quantitative estimate of drug-likeness (QED) is 0.504. The van der Waals surface area contributed by atoms with Gasteiger partial charge in [0.25, 0.3) is 0 Å². The lowest BCUT2D eigenvalue weighted by atomic mass is 11.0. The van der Waals surface area contributed by atoms with Gasteiger partial charge in [0.05, 0.1) is 7.14 Å². The van der Waals surface area contributed by atoms with Gasteiger partial charge in [-0.1, -0.05) is 6.92 Å². The highest BCUT2D eigenvalue weighted by atomic mass is 31.2. The lowest BCUT2D eigenvalue weighted by Gasteiger charge is -2.02. The van der Waals surface area contributed by atoms with Crippen molar-refractivity contribution >= 4 is 7.14 Å². The average molecular weight is 118 g/mol. The molecule has 1 atom stereocenters. The molecule has 0 aliphatic rings. The zero-order valence-electron chi connectivity index (χ0n) is 4.85. The van der Waals surface area contributed by atoms with E-state index in [1.54, 1.807) is 6.66 Å². The van der Waals surface area contributed by atoms with E-state index in [-0.39, 0.29) is 0 Å². The van der Waals surface area contributed by atoms with E-state index in [1.165, 1.54) is 0 Å².